The molecule has 0 unspecified atom stereocenters. The largest absolute Gasteiger partial charge is 0.495 e. The fourth-order valence-electron chi connectivity index (χ4n) is 4.34. The smallest absolute Gasteiger partial charge is 0.277 e. The highest BCUT2D eigenvalue weighted by atomic mass is 35.5. The average molecular weight is 430 g/mol. The Kier molecular flexibility index (Phi) is 6.65. The molecule has 30 heavy (non-hydrogen) atoms. The van der Waals surface area contributed by atoms with Gasteiger partial charge in [-0.15, -0.1) is 0 Å². The summed E-state index contributed by atoms with van der Waals surface area (Å²) in [4.78, 5) is 20.9. The second kappa shape index (κ2) is 9.58. The fraction of sp³-hybridized carbons (Fsp3) is 0.435. The van der Waals surface area contributed by atoms with E-state index in [4.69, 9.17) is 16.3 Å². The third-order valence-corrected chi connectivity index (χ3v) is 6.34. The Hall–Kier alpha value is -2.44. The standard InChI is InChI=1S/C23H29ClN4O2/c1-30-22-8-3-2-7-21(22)27-13-15-28(16-14-27)23(29)18-25-9-11-26(12-10-25)20-6-4-5-19(24)17-20/h2-8,17H,9-16,18H2,1H3/p+1. The van der Waals surface area contributed by atoms with E-state index in [0.717, 1.165) is 68.8 Å². The van der Waals surface area contributed by atoms with Crippen LogP contribution in [0.25, 0.3) is 0 Å². The summed E-state index contributed by atoms with van der Waals surface area (Å²) >= 11 is 6.12. The number of carbonyl (C=O) groups excluding carboxylic acids is 1. The van der Waals surface area contributed by atoms with Crippen molar-refractivity contribution in [3.63, 3.8) is 0 Å². The van der Waals surface area contributed by atoms with Gasteiger partial charge >= 0.3 is 0 Å². The highest BCUT2D eigenvalue weighted by Gasteiger charge is 2.27. The molecule has 0 aromatic heterocycles. The van der Waals surface area contributed by atoms with E-state index in [9.17, 15) is 4.79 Å². The molecule has 1 N–H and O–H groups in total. The lowest BCUT2D eigenvalue weighted by molar-refractivity contribution is -0.892. The Bertz CT molecular complexity index is 862. The predicted molar refractivity (Wildman–Crippen MR) is 121 cm³/mol. The van der Waals surface area contributed by atoms with E-state index in [2.05, 4.69) is 21.9 Å². The van der Waals surface area contributed by atoms with E-state index >= 15 is 0 Å². The van der Waals surface area contributed by atoms with Crippen LogP contribution in [0.4, 0.5) is 11.4 Å². The van der Waals surface area contributed by atoms with Crippen LogP contribution in [0.15, 0.2) is 48.5 Å². The molecule has 0 radical (unpaired) electrons. The summed E-state index contributed by atoms with van der Waals surface area (Å²) in [6.07, 6.45) is 0. The molecule has 2 aliphatic rings. The van der Waals surface area contributed by atoms with Gasteiger partial charge in [0.15, 0.2) is 6.54 Å². The van der Waals surface area contributed by atoms with Gasteiger partial charge in [-0.2, -0.15) is 0 Å². The van der Waals surface area contributed by atoms with E-state index in [1.165, 1.54) is 10.6 Å². The Morgan fingerprint density at radius 2 is 1.70 bits per heavy atom. The van der Waals surface area contributed by atoms with Crippen molar-refractivity contribution in [2.45, 2.75) is 0 Å². The molecule has 2 heterocycles. The Labute approximate surface area is 183 Å². The minimum atomic E-state index is 0.265. The summed E-state index contributed by atoms with van der Waals surface area (Å²) in [6, 6.07) is 16.1. The zero-order valence-corrected chi connectivity index (χ0v) is 18.3. The van der Waals surface area contributed by atoms with Crippen LogP contribution in [-0.4, -0.2) is 76.8 Å². The molecule has 2 saturated heterocycles. The quantitative estimate of drug-likeness (QED) is 0.780. The van der Waals surface area contributed by atoms with Crippen LogP contribution in [-0.2, 0) is 4.79 Å². The number of carbonyl (C=O) groups is 1. The van der Waals surface area contributed by atoms with E-state index in [1.807, 2.05) is 41.3 Å². The number of ether oxygens (including phenoxy) is 1. The fourth-order valence-corrected chi connectivity index (χ4v) is 4.53. The second-order valence-electron chi connectivity index (χ2n) is 7.93. The number of hydrogen-bond donors (Lipinski definition) is 1. The molecule has 0 atom stereocenters. The second-order valence-corrected chi connectivity index (χ2v) is 8.37. The first-order chi connectivity index (χ1) is 14.6. The molecule has 0 aliphatic carbocycles. The topological polar surface area (TPSA) is 40.5 Å². The van der Waals surface area contributed by atoms with E-state index in [0.29, 0.717) is 6.54 Å². The summed E-state index contributed by atoms with van der Waals surface area (Å²) < 4.78 is 5.48. The van der Waals surface area contributed by atoms with Crippen molar-refractivity contribution in [1.29, 1.82) is 0 Å². The molecule has 7 heteroatoms. The van der Waals surface area contributed by atoms with Crippen molar-refractivity contribution in [2.75, 3.05) is 75.8 Å². The Morgan fingerprint density at radius 3 is 2.40 bits per heavy atom. The van der Waals surface area contributed by atoms with Gasteiger partial charge in [0, 0.05) is 36.9 Å². The summed E-state index contributed by atoms with van der Waals surface area (Å²) in [5.74, 6) is 1.15. The summed E-state index contributed by atoms with van der Waals surface area (Å²) in [5, 5.41) is 0.768. The third kappa shape index (κ3) is 4.82. The van der Waals surface area contributed by atoms with Crippen molar-refractivity contribution in [1.82, 2.24) is 4.90 Å². The summed E-state index contributed by atoms with van der Waals surface area (Å²) in [7, 11) is 1.70. The van der Waals surface area contributed by atoms with E-state index < -0.39 is 0 Å². The number of halogens is 1. The molecular weight excluding hydrogens is 400 g/mol. The minimum Gasteiger partial charge on any atom is -0.495 e. The number of hydrogen-bond acceptors (Lipinski definition) is 4. The van der Waals surface area contributed by atoms with Crippen molar-refractivity contribution < 1.29 is 14.4 Å². The first-order valence-electron chi connectivity index (χ1n) is 10.6. The van der Waals surface area contributed by atoms with Crippen molar-refractivity contribution in [3.8, 4) is 5.75 Å². The molecule has 2 aromatic carbocycles. The van der Waals surface area contributed by atoms with Crippen LogP contribution in [0.5, 0.6) is 5.75 Å². The first-order valence-corrected chi connectivity index (χ1v) is 11.0. The number of anilines is 2. The van der Waals surface area contributed by atoms with Crippen LogP contribution < -0.4 is 19.4 Å². The van der Waals surface area contributed by atoms with Gasteiger partial charge in [-0.1, -0.05) is 29.8 Å². The number of quaternary nitrogens is 1. The van der Waals surface area contributed by atoms with Crippen molar-refractivity contribution >= 4 is 28.9 Å². The highest BCUT2D eigenvalue weighted by Crippen LogP contribution is 2.28. The molecule has 160 valence electrons. The van der Waals surface area contributed by atoms with Gasteiger partial charge in [0.05, 0.1) is 39.0 Å². The first kappa shape index (κ1) is 20.8. The van der Waals surface area contributed by atoms with Crippen molar-refractivity contribution in [2.24, 2.45) is 0 Å². The zero-order valence-electron chi connectivity index (χ0n) is 17.5. The molecular formula is C23H30ClN4O2+. The Balaban J connectivity index is 1.25. The minimum absolute atomic E-state index is 0.265. The molecule has 6 nitrogen and oxygen atoms in total. The van der Waals surface area contributed by atoms with Crippen molar-refractivity contribution in [3.05, 3.63) is 53.6 Å². The van der Waals surface area contributed by atoms with Gasteiger partial charge in [0.25, 0.3) is 5.91 Å². The number of methoxy groups -OCH3 is 1. The number of benzene rings is 2. The molecule has 4 rings (SSSR count). The number of nitrogens with one attached hydrogen (secondary N) is 1. The maximum absolute atomic E-state index is 12.9. The Morgan fingerprint density at radius 1 is 0.967 bits per heavy atom. The van der Waals surface area contributed by atoms with Gasteiger partial charge in [0.2, 0.25) is 0 Å². The van der Waals surface area contributed by atoms with E-state index in [1.54, 1.807) is 7.11 Å². The third-order valence-electron chi connectivity index (χ3n) is 6.10. The number of rotatable bonds is 5. The lowest BCUT2D eigenvalue weighted by Gasteiger charge is -2.38. The average Bonchev–Trinajstić information content (AvgIpc) is 2.79. The molecule has 0 spiro atoms. The number of nitrogens with zero attached hydrogens (tertiary/aromatic N) is 3. The normalized spacial score (nSPS) is 17.9. The van der Waals surface area contributed by atoms with E-state index in [-0.39, 0.29) is 5.91 Å². The molecule has 2 aliphatic heterocycles. The predicted octanol–water partition coefficient (Wildman–Crippen LogP) is 1.40. The summed E-state index contributed by atoms with van der Waals surface area (Å²) in [6.45, 7) is 7.62. The van der Waals surface area contributed by atoms with Gasteiger partial charge in [-0.3, -0.25) is 4.79 Å². The lowest BCUT2D eigenvalue weighted by Crippen LogP contribution is -3.16. The molecule has 2 aromatic rings. The summed E-state index contributed by atoms with van der Waals surface area (Å²) in [5.41, 5.74) is 2.27. The molecule has 1 amide bonds. The molecule has 2 fully saturated rings. The van der Waals surface area contributed by atoms with Gasteiger partial charge in [-0.25, -0.2) is 0 Å². The number of para-hydroxylation sites is 2. The monoisotopic (exact) mass is 429 g/mol. The zero-order chi connectivity index (χ0) is 20.9. The number of amides is 1. The van der Waals surface area contributed by atoms with Gasteiger partial charge < -0.3 is 24.3 Å². The van der Waals surface area contributed by atoms with Crippen LogP contribution >= 0.6 is 11.6 Å². The van der Waals surface area contributed by atoms with Gasteiger partial charge in [-0.05, 0) is 30.3 Å². The van der Waals surface area contributed by atoms with Crippen LogP contribution in [0.1, 0.15) is 0 Å². The lowest BCUT2D eigenvalue weighted by atomic mass is 10.2. The highest BCUT2D eigenvalue weighted by molar-refractivity contribution is 6.30. The van der Waals surface area contributed by atoms with Crippen LogP contribution in [0.3, 0.4) is 0 Å². The van der Waals surface area contributed by atoms with Gasteiger partial charge in [0.1, 0.15) is 5.75 Å². The maximum atomic E-state index is 12.9. The molecule has 0 bridgehead atoms. The SMILES string of the molecule is COc1ccccc1N1CCN(C(=O)C[NH+]2CCN(c3cccc(Cl)c3)CC2)CC1. The molecule has 0 saturated carbocycles. The maximum Gasteiger partial charge on any atom is 0.277 e. The van der Waals surface area contributed by atoms with Crippen LogP contribution in [0, 0.1) is 0 Å². The van der Waals surface area contributed by atoms with Crippen LogP contribution in [0.2, 0.25) is 5.02 Å². The number of piperazine rings is 2.